The van der Waals surface area contributed by atoms with Crippen LogP contribution in [0.15, 0.2) is 53.0 Å². The fourth-order valence-corrected chi connectivity index (χ4v) is 3.49. The van der Waals surface area contributed by atoms with Crippen LogP contribution in [-0.4, -0.2) is 26.2 Å². The summed E-state index contributed by atoms with van der Waals surface area (Å²) in [4.78, 5) is 4.20. The van der Waals surface area contributed by atoms with Crippen molar-refractivity contribution in [2.45, 2.75) is 13.5 Å². The Kier molecular flexibility index (Phi) is 4.61. The number of nitrogens with zero attached hydrogens (tertiary/aromatic N) is 1. The van der Waals surface area contributed by atoms with Gasteiger partial charge in [-0.1, -0.05) is 52.3 Å². The number of rotatable bonds is 3. The predicted octanol–water partition coefficient (Wildman–Crippen LogP) is 2.66. The lowest BCUT2D eigenvalue weighted by Gasteiger charge is -2.34. The second-order valence-corrected chi connectivity index (χ2v) is 6.65. The summed E-state index contributed by atoms with van der Waals surface area (Å²) in [7, 11) is 0. The number of hydrogen-bond donors (Lipinski definition) is 1. The normalized spacial score (nSPS) is 16.2. The highest BCUT2D eigenvalue weighted by Crippen LogP contribution is 2.19. The molecule has 0 unspecified atom stereocenters. The highest BCUT2D eigenvalue weighted by molar-refractivity contribution is 9.10. The lowest BCUT2D eigenvalue weighted by atomic mass is 10.1. The van der Waals surface area contributed by atoms with E-state index < -0.39 is 0 Å². The maximum Gasteiger partial charge on any atom is 0.104 e. The Bertz CT molecular complexity index is 604. The van der Waals surface area contributed by atoms with E-state index in [9.17, 15) is 0 Å². The van der Waals surface area contributed by atoms with Crippen LogP contribution in [0.2, 0.25) is 0 Å². The predicted molar refractivity (Wildman–Crippen MR) is 91.9 cm³/mol. The number of quaternary nitrogens is 1. The summed E-state index contributed by atoms with van der Waals surface area (Å²) in [5.74, 6) is 0. The van der Waals surface area contributed by atoms with E-state index in [2.05, 4.69) is 76.3 Å². The van der Waals surface area contributed by atoms with E-state index >= 15 is 0 Å². The van der Waals surface area contributed by atoms with Crippen molar-refractivity contribution in [1.82, 2.24) is 0 Å². The van der Waals surface area contributed by atoms with Crippen LogP contribution >= 0.6 is 15.9 Å². The molecule has 0 saturated carbocycles. The van der Waals surface area contributed by atoms with E-state index in [0.29, 0.717) is 0 Å². The Hall–Kier alpha value is -1.32. The first-order chi connectivity index (χ1) is 10.2. The molecule has 0 aliphatic carbocycles. The number of benzene rings is 2. The molecule has 2 nitrogen and oxygen atoms in total. The molecule has 1 saturated heterocycles. The maximum atomic E-state index is 3.66. The quantitative estimate of drug-likeness (QED) is 0.898. The summed E-state index contributed by atoms with van der Waals surface area (Å²) in [5, 5.41) is 0. The smallest absolute Gasteiger partial charge is 0.104 e. The van der Waals surface area contributed by atoms with Crippen LogP contribution in [0.5, 0.6) is 0 Å². The van der Waals surface area contributed by atoms with E-state index in [0.717, 1.165) is 19.6 Å². The van der Waals surface area contributed by atoms with Crippen LogP contribution < -0.4 is 9.80 Å². The van der Waals surface area contributed by atoms with Gasteiger partial charge in [0, 0.05) is 15.7 Å². The minimum absolute atomic E-state index is 1.11. The summed E-state index contributed by atoms with van der Waals surface area (Å²) in [6.07, 6.45) is 0. The van der Waals surface area contributed by atoms with Crippen LogP contribution in [0.3, 0.4) is 0 Å². The summed E-state index contributed by atoms with van der Waals surface area (Å²) in [6, 6.07) is 17.3. The van der Waals surface area contributed by atoms with Crippen LogP contribution in [0, 0.1) is 6.92 Å². The van der Waals surface area contributed by atoms with Gasteiger partial charge in [0.15, 0.2) is 0 Å². The minimum atomic E-state index is 1.11. The van der Waals surface area contributed by atoms with Crippen LogP contribution in [-0.2, 0) is 6.54 Å². The Morgan fingerprint density at radius 1 is 1.00 bits per heavy atom. The van der Waals surface area contributed by atoms with Crippen molar-refractivity contribution in [2.24, 2.45) is 0 Å². The molecule has 21 heavy (non-hydrogen) atoms. The number of halogens is 1. The van der Waals surface area contributed by atoms with Gasteiger partial charge in [0.25, 0.3) is 0 Å². The third-order valence-electron chi connectivity index (χ3n) is 4.32. The van der Waals surface area contributed by atoms with Crippen LogP contribution in [0.4, 0.5) is 5.69 Å². The Morgan fingerprint density at radius 2 is 1.67 bits per heavy atom. The van der Waals surface area contributed by atoms with Gasteiger partial charge in [0.2, 0.25) is 0 Å². The molecule has 0 radical (unpaired) electrons. The highest BCUT2D eigenvalue weighted by Gasteiger charge is 2.21. The molecule has 2 aromatic rings. The Balaban J connectivity index is 1.61. The fourth-order valence-electron chi connectivity index (χ4n) is 3.07. The van der Waals surface area contributed by atoms with Gasteiger partial charge >= 0.3 is 0 Å². The number of anilines is 1. The van der Waals surface area contributed by atoms with Crippen LogP contribution in [0.25, 0.3) is 0 Å². The van der Waals surface area contributed by atoms with Gasteiger partial charge < -0.3 is 9.80 Å². The van der Waals surface area contributed by atoms with Gasteiger partial charge in [-0.2, -0.15) is 0 Å². The number of para-hydroxylation sites is 1. The average molecular weight is 346 g/mol. The van der Waals surface area contributed by atoms with Crippen molar-refractivity contribution in [3.05, 3.63) is 64.1 Å². The van der Waals surface area contributed by atoms with Gasteiger partial charge in [-0.05, 0) is 24.6 Å². The molecule has 1 aliphatic heterocycles. The monoisotopic (exact) mass is 345 g/mol. The lowest BCUT2D eigenvalue weighted by molar-refractivity contribution is -0.914. The first-order valence-electron chi connectivity index (χ1n) is 7.61. The SMILES string of the molecule is Cc1ccccc1N1CC[NH+](Cc2ccccc2Br)CC1. The van der Waals surface area contributed by atoms with E-state index in [1.165, 1.54) is 34.4 Å². The molecular weight excluding hydrogens is 324 g/mol. The first kappa shape index (κ1) is 14.6. The zero-order valence-electron chi connectivity index (χ0n) is 12.5. The molecule has 0 amide bonds. The Morgan fingerprint density at radius 3 is 2.38 bits per heavy atom. The largest absolute Gasteiger partial charge is 0.360 e. The van der Waals surface area contributed by atoms with Crippen molar-refractivity contribution in [2.75, 3.05) is 31.1 Å². The molecule has 2 aromatic carbocycles. The van der Waals surface area contributed by atoms with Gasteiger partial charge in [-0.25, -0.2) is 0 Å². The standard InChI is InChI=1S/C18H21BrN2/c1-15-6-2-5-9-18(15)21-12-10-20(11-13-21)14-16-7-3-4-8-17(16)19/h2-9H,10-14H2,1H3/p+1. The molecule has 1 aliphatic rings. The zero-order chi connectivity index (χ0) is 14.7. The minimum Gasteiger partial charge on any atom is -0.360 e. The van der Waals surface area contributed by atoms with Crippen LogP contribution in [0.1, 0.15) is 11.1 Å². The molecule has 3 rings (SSSR count). The summed E-state index contributed by atoms with van der Waals surface area (Å²) in [6.45, 7) is 8.01. The average Bonchev–Trinajstić information content (AvgIpc) is 2.51. The second-order valence-electron chi connectivity index (χ2n) is 5.79. The summed E-state index contributed by atoms with van der Waals surface area (Å²) in [5.41, 5.74) is 4.20. The van der Waals surface area contributed by atoms with Gasteiger partial charge in [-0.15, -0.1) is 0 Å². The van der Waals surface area contributed by atoms with Crippen molar-refractivity contribution in [3.63, 3.8) is 0 Å². The van der Waals surface area contributed by atoms with Gasteiger partial charge in [0.05, 0.1) is 26.2 Å². The number of nitrogens with one attached hydrogen (secondary N) is 1. The molecule has 0 bridgehead atoms. The molecule has 0 atom stereocenters. The zero-order valence-corrected chi connectivity index (χ0v) is 14.1. The first-order valence-corrected chi connectivity index (χ1v) is 8.41. The number of piperazine rings is 1. The topological polar surface area (TPSA) is 7.68 Å². The lowest BCUT2D eigenvalue weighted by Crippen LogP contribution is -3.13. The Labute approximate surface area is 135 Å². The second kappa shape index (κ2) is 6.63. The van der Waals surface area contributed by atoms with E-state index in [4.69, 9.17) is 0 Å². The highest BCUT2D eigenvalue weighted by atomic mass is 79.9. The van der Waals surface area contributed by atoms with E-state index in [1.54, 1.807) is 4.90 Å². The third kappa shape index (κ3) is 3.47. The molecule has 1 N–H and O–H groups in total. The molecule has 1 heterocycles. The molecular formula is C18H22BrN2+. The number of aryl methyl sites for hydroxylation is 1. The summed E-state index contributed by atoms with van der Waals surface area (Å²) >= 11 is 3.66. The summed E-state index contributed by atoms with van der Waals surface area (Å²) < 4.78 is 1.24. The fraction of sp³-hybridized carbons (Fsp3) is 0.333. The van der Waals surface area contributed by atoms with E-state index in [-0.39, 0.29) is 0 Å². The molecule has 110 valence electrons. The maximum absolute atomic E-state index is 3.66. The molecule has 3 heteroatoms. The van der Waals surface area contributed by atoms with Crippen molar-refractivity contribution in [1.29, 1.82) is 0 Å². The third-order valence-corrected chi connectivity index (χ3v) is 5.10. The molecule has 1 fully saturated rings. The van der Waals surface area contributed by atoms with Gasteiger partial charge in [-0.3, -0.25) is 0 Å². The van der Waals surface area contributed by atoms with Crippen molar-refractivity contribution < 1.29 is 4.90 Å². The number of hydrogen-bond acceptors (Lipinski definition) is 1. The molecule has 0 spiro atoms. The van der Waals surface area contributed by atoms with Crippen molar-refractivity contribution >= 4 is 21.6 Å². The van der Waals surface area contributed by atoms with Gasteiger partial charge in [0.1, 0.15) is 6.54 Å². The van der Waals surface area contributed by atoms with Crippen molar-refractivity contribution in [3.8, 4) is 0 Å². The molecule has 0 aromatic heterocycles. The van der Waals surface area contributed by atoms with E-state index in [1.807, 2.05) is 0 Å².